The first-order chi connectivity index (χ1) is 9.61. The number of fused-ring (bicyclic) bond motifs is 2. The molecule has 2 unspecified atom stereocenters. The lowest BCUT2D eigenvalue weighted by atomic mass is 10.0. The number of hydrogen-bond acceptors (Lipinski definition) is 2. The van der Waals surface area contributed by atoms with Crippen molar-refractivity contribution in [2.45, 2.75) is 43.9 Å². The Bertz CT molecular complexity index is 341. The van der Waals surface area contributed by atoms with Crippen LogP contribution >= 0.6 is 0 Å². The summed E-state index contributed by atoms with van der Waals surface area (Å²) in [7, 11) is 4.53. The number of nitrogens with one attached hydrogen (secondary N) is 3. The molecule has 3 saturated heterocycles. The van der Waals surface area contributed by atoms with Crippen molar-refractivity contribution in [3.05, 3.63) is 0 Å². The summed E-state index contributed by atoms with van der Waals surface area (Å²) in [6, 6.07) is 1.46. The molecular weight excluding hydrogens is 254 g/mol. The summed E-state index contributed by atoms with van der Waals surface area (Å²) < 4.78 is 5.77. The molecule has 3 heterocycles. The molecule has 3 rings (SSSR count). The molecule has 2 atom stereocenters. The predicted octanol–water partition coefficient (Wildman–Crippen LogP) is -3.85. The number of carbonyl (C=O) groups is 1. The molecule has 3 aliphatic heterocycles. The molecular formula is C15H30N3O2+3. The van der Waals surface area contributed by atoms with Crippen molar-refractivity contribution < 1.29 is 24.2 Å². The van der Waals surface area contributed by atoms with Crippen LogP contribution in [0.1, 0.15) is 25.7 Å². The Morgan fingerprint density at radius 2 is 1.65 bits per heavy atom. The van der Waals surface area contributed by atoms with Gasteiger partial charge in [0.05, 0.1) is 26.2 Å². The molecule has 5 nitrogen and oxygen atoms in total. The highest BCUT2D eigenvalue weighted by Crippen LogP contribution is 2.24. The van der Waals surface area contributed by atoms with Gasteiger partial charge in [0.1, 0.15) is 32.3 Å². The maximum Gasteiger partial charge on any atom is 0.361 e. The van der Waals surface area contributed by atoms with Crippen molar-refractivity contribution >= 4 is 5.97 Å². The van der Waals surface area contributed by atoms with E-state index in [1.54, 1.807) is 9.80 Å². The third-order valence-corrected chi connectivity index (χ3v) is 5.75. The zero-order valence-corrected chi connectivity index (χ0v) is 12.9. The summed E-state index contributed by atoms with van der Waals surface area (Å²) in [4.78, 5) is 16.8. The average molecular weight is 284 g/mol. The van der Waals surface area contributed by atoms with Crippen molar-refractivity contribution in [3.8, 4) is 0 Å². The second-order valence-corrected chi connectivity index (χ2v) is 7.18. The average Bonchev–Trinajstić information content (AvgIpc) is 2.64. The van der Waals surface area contributed by atoms with Gasteiger partial charge in [-0.05, 0) is 0 Å². The predicted molar refractivity (Wildman–Crippen MR) is 75.0 cm³/mol. The fourth-order valence-corrected chi connectivity index (χ4v) is 4.26. The largest absolute Gasteiger partial charge is 0.458 e. The van der Waals surface area contributed by atoms with Gasteiger partial charge in [-0.15, -0.1) is 0 Å². The number of piperidine rings is 1. The van der Waals surface area contributed by atoms with Crippen LogP contribution < -0.4 is 14.7 Å². The second kappa shape index (κ2) is 6.00. The Labute approximate surface area is 121 Å². The standard InChI is InChI=1S/C15H27N3O2/c1-16-5-7-18(8-6-16)11-15(19)20-14-9-12-3-4-13(10-14)17(12)2/h12-14H,3-11H2,1-2H3/p+3. The molecule has 20 heavy (non-hydrogen) atoms. The van der Waals surface area contributed by atoms with Crippen molar-refractivity contribution in [3.63, 3.8) is 0 Å². The molecule has 5 heteroatoms. The first kappa shape index (κ1) is 14.3. The molecule has 0 aromatic carbocycles. The van der Waals surface area contributed by atoms with E-state index in [0.717, 1.165) is 38.0 Å². The maximum atomic E-state index is 12.1. The molecule has 0 aromatic rings. The number of hydrogen-bond donors (Lipinski definition) is 3. The number of carbonyl (C=O) groups excluding carboxylic acids is 1. The lowest BCUT2D eigenvalue weighted by molar-refractivity contribution is -1.000. The van der Waals surface area contributed by atoms with Gasteiger partial charge in [0, 0.05) is 25.7 Å². The zero-order chi connectivity index (χ0) is 14.1. The Balaban J connectivity index is 1.43. The molecule has 0 saturated carbocycles. The minimum atomic E-state index is 0.0310. The van der Waals surface area contributed by atoms with Crippen molar-refractivity contribution in [2.24, 2.45) is 0 Å². The van der Waals surface area contributed by atoms with Crippen LogP contribution in [0.4, 0.5) is 0 Å². The fourth-order valence-electron chi connectivity index (χ4n) is 4.26. The summed E-state index contributed by atoms with van der Waals surface area (Å²) in [5, 5.41) is 0. The monoisotopic (exact) mass is 284 g/mol. The van der Waals surface area contributed by atoms with Gasteiger partial charge in [0.15, 0.2) is 6.54 Å². The van der Waals surface area contributed by atoms with Crippen molar-refractivity contribution in [1.29, 1.82) is 0 Å². The van der Waals surface area contributed by atoms with E-state index in [1.165, 1.54) is 30.8 Å². The number of ether oxygens (including phenoxy) is 1. The molecule has 2 bridgehead atoms. The van der Waals surface area contributed by atoms with E-state index >= 15 is 0 Å². The van der Waals surface area contributed by atoms with E-state index in [-0.39, 0.29) is 12.1 Å². The van der Waals surface area contributed by atoms with E-state index in [1.807, 2.05) is 0 Å². The van der Waals surface area contributed by atoms with E-state index in [4.69, 9.17) is 4.74 Å². The van der Waals surface area contributed by atoms with Gasteiger partial charge in [-0.25, -0.2) is 4.79 Å². The van der Waals surface area contributed by atoms with Gasteiger partial charge >= 0.3 is 5.97 Å². The molecule has 3 N–H and O–H groups in total. The maximum absolute atomic E-state index is 12.1. The van der Waals surface area contributed by atoms with Crippen LogP contribution in [0.25, 0.3) is 0 Å². The number of quaternary nitrogens is 3. The van der Waals surface area contributed by atoms with Gasteiger partial charge in [-0.3, -0.25) is 0 Å². The van der Waals surface area contributed by atoms with E-state index in [2.05, 4.69) is 14.1 Å². The van der Waals surface area contributed by atoms with E-state index in [9.17, 15) is 4.79 Å². The van der Waals surface area contributed by atoms with Crippen molar-refractivity contribution in [1.82, 2.24) is 0 Å². The highest BCUT2D eigenvalue weighted by molar-refractivity contribution is 5.70. The molecule has 0 aromatic heterocycles. The van der Waals surface area contributed by atoms with Crippen LogP contribution in [0.5, 0.6) is 0 Å². The van der Waals surface area contributed by atoms with Gasteiger partial charge in [-0.2, -0.15) is 0 Å². The molecule has 0 spiro atoms. The Kier molecular flexibility index (Phi) is 4.29. The molecule has 114 valence electrons. The highest BCUT2D eigenvalue weighted by atomic mass is 16.5. The third-order valence-electron chi connectivity index (χ3n) is 5.75. The fraction of sp³-hybridized carbons (Fsp3) is 0.933. The summed E-state index contributed by atoms with van der Waals surface area (Å²) in [6.07, 6.45) is 4.99. The number of esters is 1. The Hall–Kier alpha value is -0.650. The minimum absolute atomic E-state index is 0.0310. The summed E-state index contributed by atoms with van der Waals surface area (Å²) >= 11 is 0. The van der Waals surface area contributed by atoms with Crippen LogP contribution in [0.3, 0.4) is 0 Å². The second-order valence-electron chi connectivity index (χ2n) is 7.18. The van der Waals surface area contributed by atoms with Crippen LogP contribution in [-0.2, 0) is 9.53 Å². The number of piperazine rings is 1. The van der Waals surface area contributed by atoms with Crippen LogP contribution in [-0.4, -0.2) is 71.0 Å². The first-order valence-electron chi connectivity index (χ1n) is 8.29. The van der Waals surface area contributed by atoms with Gasteiger partial charge in [-0.1, -0.05) is 0 Å². The quantitative estimate of drug-likeness (QED) is 0.465. The summed E-state index contributed by atoms with van der Waals surface area (Å²) in [5.74, 6) is 0.0310. The van der Waals surface area contributed by atoms with Gasteiger partial charge in [0.2, 0.25) is 0 Å². The van der Waals surface area contributed by atoms with Gasteiger partial charge in [0.25, 0.3) is 0 Å². The summed E-state index contributed by atoms with van der Waals surface area (Å²) in [6.45, 7) is 5.12. The third kappa shape index (κ3) is 3.15. The van der Waals surface area contributed by atoms with E-state index < -0.39 is 0 Å². The molecule has 0 aliphatic carbocycles. The normalized spacial score (nSPS) is 44.3. The zero-order valence-electron chi connectivity index (χ0n) is 12.9. The smallest absolute Gasteiger partial charge is 0.361 e. The van der Waals surface area contributed by atoms with Crippen LogP contribution in [0.15, 0.2) is 0 Å². The number of rotatable bonds is 3. The minimum Gasteiger partial charge on any atom is -0.458 e. The topological polar surface area (TPSA) is 39.6 Å². The molecule has 3 fully saturated rings. The lowest BCUT2D eigenvalue weighted by Gasteiger charge is -2.33. The van der Waals surface area contributed by atoms with Crippen molar-refractivity contribution in [2.75, 3.05) is 46.8 Å². The van der Waals surface area contributed by atoms with E-state index in [0.29, 0.717) is 6.54 Å². The Morgan fingerprint density at radius 3 is 2.25 bits per heavy atom. The highest BCUT2D eigenvalue weighted by Gasteiger charge is 2.43. The first-order valence-corrected chi connectivity index (χ1v) is 8.29. The summed E-state index contributed by atoms with van der Waals surface area (Å²) in [5.41, 5.74) is 0. The number of likely N-dealkylation sites (N-methyl/N-ethyl adjacent to an activating group) is 1. The SMILES string of the molecule is C[NH+]1CC[NH+](CC(=O)OC2CC3CCC(C2)[NH+]3C)CC1. The van der Waals surface area contributed by atoms with Crippen LogP contribution in [0, 0.1) is 0 Å². The lowest BCUT2D eigenvalue weighted by Crippen LogP contribution is -3.27. The Morgan fingerprint density at radius 1 is 1.05 bits per heavy atom. The molecule has 3 aliphatic rings. The molecule has 0 radical (unpaired) electrons. The van der Waals surface area contributed by atoms with Crippen LogP contribution in [0.2, 0.25) is 0 Å². The molecule has 0 amide bonds. The van der Waals surface area contributed by atoms with Gasteiger partial charge < -0.3 is 19.4 Å².